The number of aryl methyl sites for hydroxylation is 1. The van der Waals surface area contributed by atoms with Crippen LogP contribution in [-0.2, 0) is 6.54 Å². The molecule has 92 valence electrons. The molecule has 0 unspecified atom stereocenters. The van der Waals surface area contributed by atoms with Crippen LogP contribution in [-0.4, -0.2) is 26.3 Å². The number of rotatable bonds is 6. The van der Waals surface area contributed by atoms with Crippen LogP contribution in [0.15, 0.2) is 31.0 Å². The van der Waals surface area contributed by atoms with Crippen LogP contribution in [0.2, 0.25) is 0 Å². The molecular weight excluding hydrogens is 228 g/mol. The van der Waals surface area contributed by atoms with Gasteiger partial charge in [-0.3, -0.25) is 0 Å². The average molecular weight is 242 g/mol. The third-order valence-corrected chi connectivity index (χ3v) is 2.53. The number of nitrogens with one attached hydrogen (secondary N) is 1. The predicted octanol–water partition coefficient (Wildman–Crippen LogP) is 1.44. The SMILES string of the molecule is N#Cc1cccnc1NCCCCn1cnnc1. The minimum absolute atomic E-state index is 0.580. The Hall–Kier alpha value is -2.42. The van der Waals surface area contributed by atoms with Gasteiger partial charge in [0.1, 0.15) is 24.5 Å². The Labute approximate surface area is 105 Å². The number of nitriles is 1. The van der Waals surface area contributed by atoms with E-state index in [1.807, 2.05) is 4.57 Å². The summed E-state index contributed by atoms with van der Waals surface area (Å²) in [5, 5.41) is 19.6. The molecule has 2 heterocycles. The third kappa shape index (κ3) is 3.28. The fourth-order valence-corrected chi connectivity index (χ4v) is 1.60. The van der Waals surface area contributed by atoms with Crippen molar-refractivity contribution in [2.24, 2.45) is 0 Å². The van der Waals surface area contributed by atoms with Crippen molar-refractivity contribution in [3.05, 3.63) is 36.5 Å². The average Bonchev–Trinajstić information content (AvgIpc) is 2.92. The van der Waals surface area contributed by atoms with Crippen LogP contribution in [0.25, 0.3) is 0 Å². The number of aromatic nitrogens is 4. The Morgan fingerprint density at radius 2 is 2.11 bits per heavy atom. The lowest BCUT2D eigenvalue weighted by molar-refractivity contribution is 0.619. The van der Waals surface area contributed by atoms with Crippen LogP contribution in [0.5, 0.6) is 0 Å². The fourth-order valence-electron chi connectivity index (χ4n) is 1.60. The van der Waals surface area contributed by atoms with Gasteiger partial charge in [-0.05, 0) is 25.0 Å². The molecule has 0 aliphatic heterocycles. The van der Waals surface area contributed by atoms with E-state index in [4.69, 9.17) is 5.26 Å². The molecule has 6 nitrogen and oxygen atoms in total. The highest BCUT2D eigenvalue weighted by molar-refractivity contribution is 5.50. The Kier molecular flexibility index (Phi) is 4.25. The first kappa shape index (κ1) is 12.0. The van der Waals surface area contributed by atoms with Gasteiger partial charge in [-0.2, -0.15) is 5.26 Å². The normalized spacial score (nSPS) is 9.94. The van der Waals surface area contributed by atoms with E-state index in [0.717, 1.165) is 25.9 Å². The number of nitrogens with zero attached hydrogens (tertiary/aromatic N) is 5. The smallest absolute Gasteiger partial charge is 0.143 e. The largest absolute Gasteiger partial charge is 0.369 e. The fraction of sp³-hybridized carbons (Fsp3) is 0.333. The molecule has 0 amide bonds. The Balaban J connectivity index is 1.71. The summed E-state index contributed by atoms with van der Waals surface area (Å²) in [6.07, 6.45) is 7.12. The third-order valence-electron chi connectivity index (χ3n) is 2.53. The maximum atomic E-state index is 8.90. The number of hydrogen-bond acceptors (Lipinski definition) is 5. The summed E-state index contributed by atoms with van der Waals surface area (Å²) >= 11 is 0. The van der Waals surface area contributed by atoms with Crippen molar-refractivity contribution >= 4 is 5.82 Å². The standard InChI is InChI=1S/C12H14N6/c13-8-11-4-3-6-15-12(11)14-5-1-2-7-18-9-16-17-10-18/h3-4,6,9-10H,1-2,5,7H2,(H,14,15). The van der Waals surface area contributed by atoms with Crippen molar-refractivity contribution in [3.8, 4) is 6.07 Å². The molecule has 0 aliphatic carbocycles. The molecule has 0 spiro atoms. The Bertz CT molecular complexity index is 514. The van der Waals surface area contributed by atoms with E-state index in [9.17, 15) is 0 Å². The van der Waals surface area contributed by atoms with E-state index in [1.54, 1.807) is 31.0 Å². The molecule has 0 bridgehead atoms. The summed E-state index contributed by atoms with van der Waals surface area (Å²) in [4.78, 5) is 4.14. The molecule has 0 aromatic carbocycles. The first-order chi connectivity index (χ1) is 8.90. The minimum atomic E-state index is 0.580. The van der Waals surface area contributed by atoms with Crippen LogP contribution in [0, 0.1) is 11.3 Å². The van der Waals surface area contributed by atoms with Gasteiger partial charge in [-0.1, -0.05) is 0 Å². The first-order valence-corrected chi connectivity index (χ1v) is 5.81. The van der Waals surface area contributed by atoms with Gasteiger partial charge in [-0.15, -0.1) is 10.2 Å². The molecule has 2 aromatic rings. The lowest BCUT2D eigenvalue weighted by Gasteiger charge is -2.06. The van der Waals surface area contributed by atoms with Crippen molar-refractivity contribution in [1.29, 1.82) is 5.26 Å². The second-order valence-electron chi connectivity index (χ2n) is 3.84. The topological polar surface area (TPSA) is 79.4 Å². The molecule has 2 aromatic heterocycles. The van der Waals surface area contributed by atoms with Crippen molar-refractivity contribution in [3.63, 3.8) is 0 Å². The lowest BCUT2D eigenvalue weighted by atomic mass is 10.2. The second-order valence-corrected chi connectivity index (χ2v) is 3.84. The number of pyridine rings is 1. The van der Waals surface area contributed by atoms with Crippen LogP contribution in [0.3, 0.4) is 0 Å². The van der Waals surface area contributed by atoms with E-state index >= 15 is 0 Å². The highest BCUT2D eigenvalue weighted by Crippen LogP contribution is 2.09. The molecule has 0 radical (unpaired) electrons. The van der Waals surface area contributed by atoms with Gasteiger partial charge in [-0.25, -0.2) is 4.98 Å². The quantitative estimate of drug-likeness (QED) is 0.775. The predicted molar refractivity (Wildman–Crippen MR) is 66.7 cm³/mol. The summed E-state index contributed by atoms with van der Waals surface area (Å²) in [6.45, 7) is 1.70. The van der Waals surface area contributed by atoms with Crippen LogP contribution in [0.1, 0.15) is 18.4 Å². The first-order valence-electron chi connectivity index (χ1n) is 5.81. The van der Waals surface area contributed by atoms with Crippen molar-refractivity contribution in [2.45, 2.75) is 19.4 Å². The van der Waals surface area contributed by atoms with Crippen molar-refractivity contribution in [2.75, 3.05) is 11.9 Å². The zero-order valence-electron chi connectivity index (χ0n) is 9.95. The molecule has 0 aliphatic rings. The maximum Gasteiger partial charge on any atom is 0.143 e. The molecule has 0 fully saturated rings. The van der Waals surface area contributed by atoms with E-state index < -0.39 is 0 Å². The minimum Gasteiger partial charge on any atom is -0.369 e. The van der Waals surface area contributed by atoms with Gasteiger partial charge in [0.2, 0.25) is 0 Å². The zero-order chi connectivity index (χ0) is 12.6. The molecule has 6 heteroatoms. The number of unbranched alkanes of at least 4 members (excludes halogenated alkanes) is 1. The number of hydrogen-bond donors (Lipinski definition) is 1. The highest BCUT2D eigenvalue weighted by Gasteiger charge is 2.00. The maximum absolute atomic E-state index is 8.90. The Morgan fingerprint density at radius 3 is 2.89 bits per heavy atom. The molecule has 1 N–H and O–H groups in total. The summed E-state index contributed by atoms with van der Waals surface area (Å²) in [5.74, 6) is 0.657. The van der Waals surface area contributed by atoms with Crippen LogP contribution >= 0.6 is 0 Å². The number of anilines is 1. The summed E-state index contributed by atoms with van der Waals surface area (Å²) in [7, 11) is 0. The second kappa shape index (κ2) is 6.35. The molecule has 2 rings (SSSR count). The Morgan fingerprint density at radius 1 is 1.28 bits per heavy atom. The van der Waals surface area contributed by atoms with Gasteiger partial charge < -0.3 is 9.88 Å². The van der Waals surface area contributed by atoms with Gasteiger partial charge in [0, 0.05) is 19.3 Å². The van der Waals surface area contributed by atoms with E-state index in [0.29, 0.717) is 11.4 Å². The van der Waals surface area contributed by atoms with Gasteiger partial charge >= 0.3 is 0 Å². The van der Waals surface area contributed by atoms with Gasteiger partial charge in [0.05, 0.1) is 5.56 Å². The van der Waals surface area contributed by atoms with E-state index in [2.05, 4.69) is 26.6 Å². The van der Waals surface area contributed by atoms with E-state index in [-0.39, 0.29) is 0 Å². The molecule has 0 saturated carbocycles. The van der Waals surface area contributed by atoms with Crippen LogP contribution < -0.4 is 5.32 Å². The molecule has 18 heavy (non-hydrogen) atoms. The van der Waals surface area contributed by atoms with E-state index in [1.165, 1.54) is 0 Å². The molecule has 0 atom stereocenters. The molecule has 0 saturated heterocycles. The summed E-state index contributed by atoms with van der Waals surface area (Å²) < 4.78 is 1.95. The zero-order valence-corrected chi connectivity index (χ0v) is 9.95. The van der Waals surface area contributed by atoms with Crippen molar-refractivity contribution in [1.82, 2.24) is 19.7 Å². The van der Waals surface area contributed by atoms with Crippen molar-refractivity contribution < 1.29 is 0 Å². The molecular formula is C12H14N6. The van der Waals surface area contributed by atoms with Crippen LogP contribution in [0.4, 0.5) is 5.82 Å². The monoisotopic (exact) mass is 242 g/mol. The summed E-state index contributed by atoms with van der Waals surface area (Å²) in [6, 6.07) is 5.63. The van der Waals surface area contributed by atoms with Gasteiger partial charge in [0.25, 0.3) is 0 Å². The highest BCUT2D eigenvalue weighted by atomic mass is 15.2. The summed E-state index contributed by atoms with van der Waals surface area (Å²) in [5.41, 5.74) is 0.580. The lowest BCUT2D eigenvalue weighted by Crippen LogP contribution is -2.06. The van der Waals surface area contributed by atoms with Gasteiger partial charge in [0.15, 0.2) is 0 Å².